The number of hydrogen-bond acceptors (Lipinski definition) is 4. The summed E-state index contributed by atoms with van der Waals surface area (Å²) in [7, 11) is -3.28. The van der Waals surface area contributed by atoms with Crippen LogP contribution in [0.4, 0.5) is 13.2 Å². The lowest BCUT2D eigenvalue weighted by molar-refractivity contribution is -0.138. The number of benzene rings is 1. The van der Waals surface area contributed by atoms with E-state index in [1.807, 2.05) is 6.92 Å². The molecule has 0 aliphatic heterocycles. The topological polar surface area (TPSA) is 55.4 Å². The molecule has 0 saturated carbocycles. The summed E-state index contributed by atoms with van der Waals surface area (Å²) in [5, 5.41) is 2.94. The van der Waals surface area contributed by atoms with Crippen molar-refractivity contribution in [2.24, 2.45) is 0 Å². The molecule has 0 spiro atoms. The number of halogens is 3. The van der Waals surface area contributed by atoms with Gasteiger partial charge in [0.2, 0.25) is 0 Å². The van der Waals surface area contributed by atoms with Crippen LogP contribution in [0.15, 0.2) is 18.2 Å². The highest BCUT2D eigenvalue weighted by Crippen LogP contribution is 2.36. The van der Waals surface area contributed by atoms with Gasteiger partial charge in [-0.25, -0.2) is 8.42 Å². The Hall–Kier alpha value is -1.28. The molecule has 0 unspecified atom stereocenters. The molecule has 0 aliphatic rings. The third kappa shape index (κ3) is 6.34. The summed E-state index contributed by atoms with van der Waals surface area (Å²) >= 11 is 0. The van der Waals surface area contributed by atoms with Crippen LogP contribution in [0.25, 0.3) is 0 Å². The zero-order valence-electron chi connectivity index (χ0n) is 11.8. The molecule has 0 aromatic heterocycles. The third-order valence-corrected chi connectivity index (χ3v) is 3.55. The quantitative estimate of drug-likeness (QED) is 0.835. The summed E-state index contributed by atoms with van der Waals surface area (Å²) in [6.45, 7) is 2.51. The maximum Gasteiger partial charge on any atom is 0.419 e. The predicted molar refractivity (Wildman–Crippen MR) is 74.0 cm³/mol. The van der Waals surface area contributed by atoms with Gasteiger partial charge in [-0.1, -0.05) is 13.0 Å². The first-order valence-corrected chi connectivity index (χ1v) is 8.41. The van der Waals surface area contributed by atoms with Gasteiger partial charge in [-0.15, -0.1) is 0 Å². The van der Waals surface area contributed by atoms with E-state index in [4.69, 9.17) is 4.74 Å². The zero-order chi connectivity index (χ0) is 16.1. The smallest absolute Gasteiger partial charge is 0.419 e. The fraction of sp³-hybridized carbons (Fsp3) is 0.538. The van der Waals surface area contributed by atoms with Gasteiger partial charge < -0.3 is 10.1 Å². The van der Waals surface area contributed by atoms with E-state index in [9.17, 15) is 21.6 Å². The van der Waals surface area contributed by atoms with Crippen molar-refractivity contribution in [2.45, 2.75) is 19.6 Å². The molecular formula is C13H18F3NO3S. The summed E-state index contributed by atoms with van der Waals surface area (Å²) in [6, 6.07) is 3.75. The average molecular weight is 325 g/mol. The molecule has 0 amide bonds. The van der Waals surface area contributed by atoms with Crippen molar-refractivity contribution in [3.05, 3.63) is 29.3 Å². The molecule has 120 valence electrons. The van der Waals surface area contributed by atoms with E-state index >= 15 is 0 Å². The third-order valence-electron chi connectivity index (χ3n) is 2.64. The monoisotopic (exact) mass is 325 g/mol. The molecule has 4 nitrogen and oxygen atoms in total. The molecule has 1 aromatic rings. The van der Waals surface area contributed by atoms with Crippen LogP contribution < -0.4 is 10.1 Å². The van der Waals surface area contributed by atoms with Crippen LogP contribution in [0.1, 0.15) is 18.1 Å². The van der Waals surface area contributed by atoms with E-state index in [0.717, 1.165) is 12.3 Å². The van der Waals surface area contributed by atoms with E-state index in [1.165, 1.54) is 12.1 Å². The molecule has 8 heteroatoms. The minimum Gasteiger partial charge on any atom is -0.492 e. The molecule has 1 aromatic carbocycles. The molecule has 21 heavy (non-hydrogen) atoms. The lowest BCUT2D eigenvalue weighted by Crippen LogP contribution is -2.16. The van der Waals surface area contributed by atoms with Gasteiger partial charge in [0.05, 0.1) is 11.3 Å². The number of sulfone groups is 1. The number of rotatable bonds is 7. The molecule has 0 bridgehead atoms. The van der Waals surface area contributed by atoms with Crippen LogP contribution >= 0.6 is 0 Å². The SMILES string of the molecule is CCNCc1ccc(OCCS(C)(=O)=O)c(C(F)(F)F)c1. The van der Waals surface area contributed by atoms with Gasteiger partial charge in [0.15, 0.2) is 9.84 Å². The highest BCUT2D eigenvalue weighted by molar-refractivity contribution is 7.90. The molecule has 0 aliphatic carbocycles. The number of alkyl halides is 3. The molecule has 1 N–H and O–H groups in total. The van der Waals surface area contributed by atoms with Gasteiger partial charge in [0, 0.05) is 12.8 Å². The Morgan fingerprint density at radius 3 is 2.48 bits per heavy atom. The van der Waals surface area contributed by atoms with E-state index < -0.39 is 21.6 Å². The summed E-state index contributed by atoms with van der Waals surface area (Å²) in [6.07, 6.45) is -3.55. The normalized spacial score (nSPS) is 12.4. The summed E-state index contributed by atoms with van der Waals surface area (Å²) < 4.78 is 65.9. The number of nitrogens with one attached hydrogen (secondary N) is 1. The largest absolute Gasteiger partial charge is 0.492 e. The van der Waals surface area contributed by atoms with E-state index in [2.05, 4.69) is 5.32 Å². The Labute approximate surface area is 122 Å². The molecule has 0 radical (unpaired) electrons. The van der Waals surface area contributed by atoms with Crippen LogP contribution in [0.5, 0.6) is 5.75 Å². The van der Waals surface area contributed by atoms with Crippen molar-refractivity contribution in [1.82, 2.24) is 5.32 Å². The second kappa shape index (κ2) is 7.13. The van der Waals surface area contributed by atoms with Gasteiger partial charge in [0.25, 0.3) is 0 Å². The van der Waals surface area contributed by atoms with Gasteiger partial charge in [-0.05, 0) is 24.2 Å². The maximum atomic E-state index is 13.0. The Bertz CT molecular complexity index is 571. The Morgan fingerprint density at radius 1 is 1.29 bits per heavy atom. The molecular weight excluding hydrogens is 307 g/mol. The van der Waals surface area contributed by atoms with Crippen molar-refractivity contribution in [1.29, 1.82) is 0 Å². The van der Waals surface area contributed by atoms with E-state index in [0.29, 0.717) is 18.7 Å². The highest BCUT2D eigenvalue weighted by Gasteiger charge is 2.34. The lowest BCUT2D eigenvalue weighted by Gasteiger charge is -2.15. The molecule has 0 heterocycles. The second-order valence-corrected chi connectivity index (χ2v) is 6.85. The van der Waals surface area contributed by atoms with Crippen LogP contribution in [-0.4, -0.2) is 33.6 Å². The maximum absolute atomic E-state index is 13.0. The van der Waals surface area contributed by atoms with Crippen molar-refractivity contribution in [3.63, 3.8) is 0 Å². The standard InChI is InChI=1S/C13H18F3NO3S/c1-3-17-9-10-4-5-12(11(8-10)13(14,15)16)20-6-7-21(2,18)19/h4-5,8,17H,3,6-7,9H2,1-2H3. The second-order valence-electron chi connectivity index (χ2n) is 4.59. The summed E-state index contributed by atoms with van der Waals surface area (Å²) in [5.41, 5.74) is -0.411. The van der Waals surface area contributed by atoms with Crippen molar-refractivity contribution >= 4 is 9.84 Å². The van der Waals surface area contributed by atoms with E-state index in [-0.39, 0.29) is 18.1 Å². The van der Waals surface area contributed by atoms with Crippen LogP contribution in [-0.2, 0) is 22.6 Å². The fourth-order valence-electron chi connectivity index (χ4n) is 1.61. The Morgan fingerprint density at radius 2 is 1.95 bits per heavy atom. The van der Waals surface area contributed by atoms with Gasteiger partial charge in [0.1, 0.15) is 12.4 Å². The zero-order valence-corrected chi connectivity index (χ0v) is 12.6. The first-order chi connectivity index (χ1) is 9.63. The molecule has 0 saturated heterocycles. The van der Waals surface area contributed by atoms with Crippen molar-refractivity contribution in [3.8, 4) is 5.75 Å². The van der Waals surface area contributed by atoms with E-state index in [1.54, 1.807) is 0 Å². The van der Waals surface area contributed by atoms with Crippen LogP contribution in [0.3, 0.4) is 0 Å². The number of ether oxygens (including phenoxy) is 1. The average Bonchev–Trinajstić information content (AvgIpc) is 2.34. The number of hydrogen-bond donors (Lipinski definition) is 1. The van der Waals surface area contributed by atoms with Crippen molar-refractivity contribution in [2.75, 3.05) is 25.2 Å². The van der Waals surface area contributed by atoms with Gasteiger partial charge in [-0.3, -0.25) is 0 Å². The molecule has 0 fully saturated rings. The summed E-state index contributed by atoms with van der Waals surface area (Å²) in [4.78, 5) is 0. The molecule has 0 atom stereocenters. The van der Waals surface area contributed by atoms with Gasteiger partial charge >= 0.3 is 6.18 Å². The Balaban J connectivity index is 2.92. The molecule has 1 rings (SSSR count). The fourth-order valence-corrected chi connectivity index (χ4v) is 1.99. The van der Waals surface area contributed by atoms with Gasteiger partial charge in [-0.2, -0.15) is 13.2 Å². The minimum atomic E-state index is -4.55. The highest BCUT2D eigenvalue weighted by atomic mass is 32.2. The Kier molecular flexibility index (Phi) is 6.03. The first kappa shape index (κ1) is 17.8. The van der Waals surface area contributed by atoms with Crippen LogP contribution in [0.2, 0.25) is 0 Å². The first-order valence-electron chi connectivity index (χ1n) is 6.35. The minimum absolute atomic E-state index is 0.311. The lowest BCUT2D eigenvalue weighted by atomic mass is 10.1. The van der Waals surface area contributed by atoms with Crippen molar-refractivity contribution < 1.29 is 26.3 Å². The summed E-state index contributed by atoms with van der Waals surface area (Å²) in [5.74, 6) is -0.685. The predicted octanol–water partition coefficient (Wildman–Crippen LogP) is 2.24. The van der Waals surface area contributed by atoms with Crippen LogP contribution in [0, 0.1) is 0 Å².